The van der Waals surface area contributed by atoms with E-state index in [-0.39, 0.29) is 18.4 Å². The lowest BCUT2D eigenvalue weighted by Gasteiger charge is -2.19. The fourth-order valence-electron chi connectivity index (χ4n) is 4.72. The average Bonchev–Trinajstić information content (AvgIpc) is 3.56. The first-order chi connectivity index (χ1) is 16.1. The van der Waals surface area contributed by atoms with Crippen LogP contribution in [0.15, 0.2) is 61.1 Å². The average molecular weight is 436 g/mol. The molecule has 33 heavy (non-hydrogen) atoms. The van der Waals surface area contributed by atoms with E-state index in [1.54, 1.807) is 11.2 Å². The SMILES string of the molecule is [C-]#[N+]c1ccc(-c2cc3n(c2)Cc2cc(N4C[C@@H](CO)CC4=O)ccc2-n2ncnc2-3)cc1. The molecule has 162 valence electrons. The zero-order valence-electron chi connectivity index (χ0n) is 17.7. The summed E-state index contributed by atoms with van der Waals surface area (Å²) >= 11 is 0. The normalized spacial score (nSPS) is 16.7. The lowest BCUT2D eigenvalue weighted by molar-refractivity contribution is -0.117. The van der Waals surface area contributed by atoms with Gasteiger partial charge < -0.3 is 14.6 Å². The van der Waals surface area contributed by atoms with Crippen LogP contribution in [0.2, 0.25) is 0 Å². The van der Waals surface area contributed by atoms with Gasteiger partial charge in [-0.25, -0.2) is 14.5 Å². The molecule has 1 N–H and O–H groups in total. The van der Waals surface area contributed by atoms with Gasteiger partial charge in [-0.2, -0.15) is 5.10 Å². The summed E-state index contributed by atoms with van der Waals surface area (Å²) < 4.78 is 3.99. The van der Waals surface area contributed by atoms with Gasteiger partial charge >= 0.3 is 0 Å². The first-order valence-corrected chi connectivity index (χ1v) is 10.8. The quantitative estimate of drug-likeness (QED) is 0.438. The Kier molecular flexibility index (Phi) is 4.38. The number of aliphatic hydroxyl groups is 1. The van der Waals surface area contributed by atoms with Gasteiger partial charge in [0.25, 0.3) is 0 Å². The zero-order valence-corrected chi connectivity index (χ0v) is 17.7. The molecule has 0 bridgehead atoms. The van der Waals surface area contributed by atoms with E-state index in [2.05, 4.69) is 31.8 Å². The molecule has 2 aliphatic heterocycles. The second-order valence-corrected chi connectivity index (χ2v) is 8.47. The van der Waals surface area contributed by atoms with E-state index in [4.69, 9.17) is 6.57 Å². The number of nitrogens with zero attached hydrogens (tertiary/aromatic N) is 6. The number of benzene rings is 2. The van der Waals surface area contributed by atoms with Crippen molar-refractivity contribution in [3.05, 3.63) is 78.0 Å². The van der Waals surface area contributed by atoms with E-state index >= 15 is 0 Å². The molecule has 0 spiro atoms. The van der Waals surface area contributed by atoms with Crippen LogP contribution in [-0.2, 0) is 11.3 Å². The summed E-state index contributed by atoms with van der Waals surface area (Å²) in [5.41, 5.74) is 6.43. The molecule has 0 saturated carbocycles. The van der Waals surface area contributed by atoms with E-state index in [1.165, 1.54) is 0 Å². The number of carbonyl (C=O) groups is 1. The van der Waals surface area contributed by atoms with E-state index in [0.29, 0.717) is 25.2 Å². The minimum absolute atomic E-state index is 0.0157. The largest absolute Gasteiger partial charge is 0.396 e. The second-order valence-electron chi connectivity index (χ2n) is 8.47. The Hall–Kier alpha value is -4.22. The number of rotatable bonds is 3. The maximum atomic E-state index is 12.5. The maximum Gasteiger partial charge on any atom is 0.227 e. The summed E-state index contributed by atoms with van der Waals surface area (Å²) in [5, 5.41) is 14.0. The molecule has 0 aliphatic carbocycles. The summed E-state index contributed by atoms with van der Waals surface area (Å²) in [4.78, 5) is 22.3. The highest BCUT2D eigenvalue weighted by molar-refractivity contribution is 5.96. The topological polar surface area (TPSA) is 80.5 Å². The molecule has 0 unspecified atom stereocenters. The molecule has 1 atom stereocenters. The molecule has 0 radical (unpaired) electrons. The predicted molar refractivity (Wildman–Crippen MR) is 123 cm³/mol. The van der Waals surface area contributed by atoms with Gasteiger partial charge in [0, 0.05) is 49.5 Å². The van der Waals surface area contributed by atoms with Crippen LogP contribution in [0, 0.1) is 12.5 Å². The van der Waals surface area contributed by atoms with Crippen LogP contribution in [0.25, 0.3) is 33.2 Å². The Morgan fingerprint density at radius 1 is 1.12 bits per heavy atom. The van der Waals surface area contributed by atoms with Gasteiger partial charge in [0.05, 0.1) is 18.0 Å². The van der Waals surface area contributed by atoms with E-state index in [1.807, 2.05) is 47.1 Å². The summed E-state index contributed by atoms with van der Waals surface area (Å²) in [6.07, 6.45) is 4.01. The van der Waals surface area contributed by atoms with Gasteiger partial charge in [-0.05, 0) is 35.4 Å². The third-order valence-electron chi connectivity index (χ3n) is 6.41. The van der Waals surface area contributed by atoms with Crippen LogP contribution in [0.1, 0.15) is 12.0 Å². The van der Waals surface area contributed by atoms with Gasteiger partial charge in [-0.3, -0.25) is 4.79 Å². The number of anilines is 1. The highest BCUT2D eigenvalue weighted by Crippen LogP contribution is 2.35. The predicted octanol–water partition coefficient (Wildman–Crippen LogP) is 3.66. The molecule has 2 aromatic heterocycles. The van der Waals surface area contributed by atoms with Crippen LogP contribution < -0.4 is 4.90 Å². The minimum Gasteiger partial charge on any atom is -0.396 e. The number of aromatic nitrogens is 4. The monoisotopic (exact) mass is 436 g/mol. The molecular weight excluding hydrogens is 416 g/mol. The maximum absolute atomic E-state index is 12.5. The molecule has 1 amide bonds. The van der Waals surface area contributed by atoms with Crippen molar-refractivity contribution in [2.24, 2.45) is 5.92 Å². The number of hydrogen-bond donors (Lipinski definition) is 1. The number of amides is 1. The van der Waals surface area contributed by atoms with E-state index in [9.17, 15) is 9.90 Å². The summed E-state index contributed by atoms with van der Waals surface area (Å²) in [5.74, 6) is 0.769. The van der Waals surface area contributed by atoms with Crippen molar-refractivity contribution in [2.45, 2.75) is 13.0 Å². The second kappa shape index (κ2) is 7.43. The highest BCUT2D eigenvalue weighted by atomic mass is 16.3. The smallest absolute Gasteiger partial charge is 0.227 e. The Morgan fingerprint density at radius 2 is 1.97 bits per heavy atom. The van der Waals surface area contributed by atoms with Gasteiger partial charge in [0.1, 0.15) is 6.33 Å². The third-order valence-corrected chi connectivity index (χ3v) is 6.41. The Bertz CT molecular complexity index is 1430. The lowest BCUT2D eigenvalue weighted by Crippen LogP contribution is -2.25. The van der Waals surface area contributed by atoms with Crippen molar-refractivity contribution >= 4 is 17.3 Å². The standard InChI is InChI=1S/C25H20N6O2/c1-26-20-4-2-17(3-5-20)18-10-23-25-27-15-28-31(25)22-7-6-21(9-19(22)13-29(23)12-18)30-11-16(14-32)8-24(30)33/h2-7,9-10,12,15-16,32H,8,11,13-14H2/t16-/m0/s1. The minimum atomic E-state index is -0.0221. The van der Waals surface area contributed by atoms with E-state index < -0.39 is 0 Å². The first-order valence-electron chi connectivity index (χ1n) is 10.8. The van der Waals surface area contributed by atoms with Crippen LogP contribution in [0.4, 0.5) is 11.4 Å². The summed E-state index contributed by atoms with van der Waals surface area (Å²) in [7, 11) is 0. The van der Waals surface area contributed by atoms with Gasteiger partial charge in [-0.1, -0.05) is 24.3 Å². The Morgan fingerprint density at radius 3 is 2.73 bits per heavy atom. The van der Waals surface area contributed by atoms with Gasteiger partial charge in [0.2, 0.25) is 5.91 Å². The fourth-order valence-corrected chi connectivity index (χ4v) is 4.72. The number of fused-ring (bicyclic) bond motifs is 5. The molecule has 2 aliphatic rings. The Labute approximate surface area is 190 Å². The van der Waals surface area contributed by atoms with Crippen molar-refractivity contribution in [3.63, 3.8) is 0 Å². The lowest BCUT2D eigenvalue weighted by atomic mass is 10.1. The van der Waals surface area contributed by atoms with Crippen LogP contribution in [0.5, 0.6) is 0 Å². The third kappa shape index (κ3) is 3.13. The number of aliphatic hydroxyl groups excluding tert-OH is 1. The first kappa shape index (κ1) is 19.5. The molecule has 1 saturated heterocycles. The summed E-state index contributed by atoms with van der Waals surface area (Å²) in [6, 6.07) is 15.6. The van der Waals surface area contributed by atoms with Crippen molar-refractivity contribution < 1.29 is 9.90 Å². The van der Waals surface area contributed by atoms with E-state index in [0.717, 1.165) is 39.6 Å². The van der Waals surface area contributed by atoms with Crippen molar-refractivity contribution in [2.75, 3.05) is 18.1 Å². The van der Waals surface area contributed by atoms with Crippen LogP contribution >= 0.6 is 0 Å². The number of carbonyl (C=O) groups excluding carboxylic acids is 1. The Balaban J connectivity index is 1.43. The van der Waals surface area contributed by atoms with Crippen molar-refractivity contribution in [3.8, 4) is 28.3 Å². The zero-order chi connectivity index (χ0) is 22.5. The molecule has 1 fully saturated rings. The fraction of sp³-hybridized carbons (Fsp3) is 0.200. The molecule has 4 heterocycles. The molecule has 8 nitrogen and oxygen atoms in total. The van der Waals surface area contributed by atoms with Crippen LogP contribution in [0.3, 0.4) is 0 Å². The highest BCUT2D eigenvalue weighted by Gasteiger charge is 2.31. The van der Waals surface area contributed by atoms with Gasteiger partial charge in [0.15, 0.2) is 11.5 Å². The molecular formula is C25H20N6O2. The van der Waals surface area contributed by atoms with Gasteiger partial charge in [-0.15, -0.1) is 0 Å². The van der Waals surface area contributed by atoms with Crippen molar-refractivity contribution in [1.29, 1.82) is 0 Å². The molecule has 8 heteroatoms. The summed E-state index contributed by atoms with van der Waals surface area (Å²) in [6.45, 7) is 8.31. The number of hydrogen-bond acceptors (Lipinski definition) is 4. The van der Waals surface area contributed by atoms with Crippen molar-refractivity contribution in [1.82, 2.24) is 19.3 Å². The molecule has 2 aromatic carbocycles. The van der Waals surface area contributed by atoms with Crippen LogP contribution in [-0.4, -0.2) is 43.5 Å². The molecule has 4 aromatic rings. The molecule has 6 rings (SSSR count).